The number of H-pyrrole nitrogens is 1. The number of hydrogen-bond donors (Lipinski definition) is 2. The number of aromatic amines is 1. The van der Waals surface area contributed by atoms with Crippen LogP contribution in [-0.4, -0.2) is 58.5 Å². The van der Waals surface area contributed by atoms with Crippen molar-refractivity contribution in [3.8, 4) is 5.75 Å². The fourth-order valence-corrected chi connectivity index (χ4v) is 2.82. The van der Waals surface area contributed by atoms with Gasteiger partial charge in [0, 0.05) is 30.7 Å². The Morgan fingerprint density at radius 3 is 2.75 bits per heavy atom. The highest BCUT2D eigenvalue weighted by atomic mass is 35.5. The maximum Gasteiger partial charge on any atom is 0.273 e. The number of benzene rings is 1. The van der Waals surface area contributed by atoms with Gasteiger partial charge in [0.15, 0.2) is 5.69 Å². The van der Waals surface area contributed by atoms with Crippen LogP contribution in [0.15, 0.2) is 30.5 Å². The van der Waals surface area contributed by atoms with Crippen LogP contribution in [0.4, 0.5) is 0 Å². The van der Waals surface area contributed by atoms with Gasteiger partial charge >= 0.3 is 0 Å². The average molecular weight is 350 g/mol. The molecule has 2 aromatic rings. The van der Waals surface area contributed by atoms with Crippen molar-refractivity contribution in [2.75, 3.05) is 26.2 Å². The number of carbonyl (C=O) groups is 1. The molecule has 0 bridgehead atoms. The quantitative estimate of drug-likeness (QED) is 0.829. The molecule has 1 aliphatic rings. The van der Waals surface area contributed by atoms with E-state index in [1.165, 1.54) is 6.20 Å². The molecule has 24 heavy (non-hydrogen) atoms. The number of nitrogens with zero attached hydrogens (tertiary/aromatic N) is 3. The van der Waals surface area contributed by atoms with E-state index in [1.54, 1.807) is 0 Å². The predicted molar refractivity (Wildman–Crippen MR) is 90.3 cm³/mol. The first kappa shape index (κ1) is 16.7. The van der Waals surface area contributed by atoms with Crippen molar-refractivity contribution in [1.82, 2.24) is 25.6 Å². The van der Waals surface area contributed by atoms with Gasteiger partial charge in [-0.15, -0.1) is 0 Å². The van der Waals surface area contributed by atoms with Crippen molar-refractivity contribution in [2.45, 2.75) is 18.9 Å². The number of rotatable bonds is 6. The molecule has 0 aliphatic carbocycles. The second kappa shape index (κ2) is 8.12. The van der Waals surface area contributed by atoms with Crippen LogP contribution in [0.1, 0.15) is 23.3 Å². The molecule has 1 aliphatic heterocycles. The molecule has 0 atom stereocenters. The number of carbonyl (C=O) groups excluding carboxylic acids is 1. The number of aromatic nitrogens is 3. The normalized spacial score (nSPS) is 16.0. The summed E-state index contributed by atoms with van der Waals surface area (Å²) >= 11 is 5.85. The maximum absolute atomic E-state index is 11.9. The van der Waals surface area contributed by atoms with Gasteiger partial charge in [-0.3, -0.25) is 9.69 Å². The predicted octanol–water partition coefficient (Wildman–Crippen LogP) is 1.73. The van der Waals surface area contributed by atoms with E-state index in [4.69, 9.17) is 16.3 Å². The van der Waals surface area contributed by atoms with Crippen LogP contribution in [0.25, 0.3) is 0 Å². The topological polar surface area (TPSA) is 83.1 Å². The zero-order valence-electron chi connectivity index (χ0n) is 13.2. The molecule has 1 fully saturated rings. The van der Waals surface area contributed by atoms with Crippen molar-refractivity contribution in [3.05, 3.63) is 41.2 Å². The largest absolute Gasteiger partial charge is 0.492 e. The molecular formula is C16H20ClN5O2. The lowest BCUT2D eigenvalue weighted by atomic mass is 10.0. The van der Waals surface area contributed by atoms with Crippen LogP contribution in [0.3, 0.4) is 0 Å². The third-order valence-corrected chi connectivity index (χ3v) is 4.31. The number of likely N-dealkylation sites (tertiary alicyclic amines) is 1. The monoisotopic (exact) mass is 349 g/mol. The molecule has 1 amide bonds. The van der Waals surface area contributed by atoms with Crippen LogP contribution < -0.4 is 10.1 Å². The molecule has 128 valence electrons. The van der Waals surface area contributed by atoms with Crippen LogP contribution in [0.5, 0.6) is 5.75 Å². The Bertz CT molecular complexity index is 639. The number of ether oxygens (including phenoxy) is 1. The molecule has 8 heteroatoms. The van der Waals surface area contributed by atoms with Crippen LogP contribution in [0, 0.1) is 0 Å². The third-order valence-electron chi connectivity index (χ3n) is 4.06. The zero-order chi connectivity index (χ0) is 16.8. The summed E-state index contributed by atoms with van der Waals surface area (Å²) in [7, 11) is 0. The average Bonchev–Trinajstić information content (AvgIpc) is 3.13. The van der Waals surface area contributed by atoms with E-state index < -0.39 is 0 Å². The second-order valence-electron chi connectivity index (χ2n) is 5.75. The molecule has 0 radical (unpaired) electrons. The van der Waals surface area contributed by atoms with Gasteiger partial charge in [-0.25, -0.2) is 0 Å². The summed E-state index contributed by atoms with van der Waals surface area (Å²) in [6, 6.07) is 7.56. The van der Waals surface area contributed by atoms with E-state index in [1.807, 2.05) is 24.3 Å². The summed E-state index contributed by atoms with van der Waals surface area (Å²) in [4.78, 5) is 14.3. The first-order valence-electron chi connectivity index (χ1n) is 7.98. The number of halogens is 1. The van der Waals surface area contributed by atoms with Gasteiger partial charge in [0.1, 0.15) is 12.4 Å². The van der Waals surface area contributed by atoms with Crippen molar-refractivity contribution < 1.29 is 9.53 Å². The second-order valence-corrected chi connectivity index (χ2v) is 6.18. The van der Waals surface area contributed by atoms with Crippen molar-refractivity contribution in [1.29, 1.82) is 0 Å². The molecule has 2 heterocycles. The van der Waals surface area contributed by atoms with Gasteiger partial charge in [-0.1, -0.05) is 11.6 Å². The molecule has 7 nitrogen and oxygen atoms in total. The van der Waals surface area contributed by atoms with Gasteiger partial charge < -0.3 is 10.1 Å². The molecule has 1 aromatic carbocycles. The highest BCUT2D eigenvalue weighted by Crippen LogP contribution is 2.16. The molecule has 3 rings (SSSR count). The van der Waals surface area contributed by atoms with Gasteiger partial charge in [-0.05, 0) is 37.1 Å². The number of amides is 1. The molecular weight excluding hydrogens is 330 g/mol. The van der Waals surface area contributed by atoms with E-state index in [2.05, 4.69) is 25.6 Å². The Kier molecular flexibility index (Phi) is 5.66. The minimum absolute atomic E-state index is 0.173. The number of hydrogen-bond acceptors (Lipinski definition) is 5. The highest BCUT2D eigenvalue weighted by Gasteiger charge is 2.21. The third kappa shape index (κ3) is 4.69. The molecule has 0 unspecified atom stereocenters. The Balaban J connectivity index is 1.34. The standard InChI is InChI=1S/C16H20ClN5O2/c17-12-1-3-14(4-2-12)24-10-9-22-7-5-13(6-8-22)19-16(23)15-11-18-21-20-15/h1-4,11,13H,5-10H2,(H,19,23)(H,18,20,21). The van der Waals surface area contributed by atoms with E-state index in [-0.39, 0.29) is 11.9 Å². The summed E-state index contributed by atoms with van der Waals surface area (Å²) < 4.78 is 5.72. The van der Waals surface area contributed by atoms with Gasteiger partial charge in [-0.2, -0.15) is 15.4 Å². The number of piperidine rings is 1. The summed E-state index contributed by atoms with van der Waals surface area (Å²) in [6.07, 6.45) is 3.27. The summed E-state index contributed by atoms with van der Waals surface area (Å²) in [5.41, 5.74) is 0.328. The molecule has 1 aromatic heterocycles. The Morgan fingerprint density at radius 2 is 2.08 bits per heavy atom. The van der Waals surface area contributed by atoms with E-state index in [0.717, 1.165) is 38.2 Å². The molecule has 0 spiro atoms. The first-order valence-corrected chi connectivity index (χ1v) is 8.36. The minimum Gasteiger partial charge on any atom is -0.492 e. The van der Waals surface area contributed by atoms with Gasteiger partial charge in [0.25, 0.3) is 5.91 Å². The fraction of sp³-hybridized carbons (Fsp3) is 0.438. The van der Waals surface area contributed by atoms with E-state index >= 15 is 0 Å². The van der Waals surface area contributed by atoms with Crippen LogP contribution in [-0.2, 0) is 0 Å². The summed E-state index contributed by atoms with van der Waals surface area (Å²) in [5.74, 6) is 0.655. The maximum atomic E-state index is 11.9. The SMILES string of the molecule is O=C(NC1CCN(CCOc2ccc(Cl)cc2)CC1)c1cn[nH]n1. The van der Waals surface area contributed by atoms with Crippen LogP contribution >= 0.6 is 11.6 Å². The first-order chi connectivity index (χ1) is 11.7. The van der Waals surface area contributed by atoms with Crippen molar-refractivity contribution in [3.63, 3.8) is 0 Å². The zero-order valence-corrected chi connectivity index (χ0v) is 14.0. The molecule has 1 saturated heterocycles. The number of nitrogens with one attached hydrogen (secondary N) is 2. The Hall–Kier alpha value is -2.12. The lowest BCUT2D eigenvalue weighted by molar-refractivity contribution is 0.0900. The lowest BCUT2D eigenvalue weighted by Crippen LogP contribution is -2.45. The smallest absolute Gasteiger partial charge is 0.273 e. The van der Waals surface area contributed by atoms with E-state index in [9.17, 15) is 4.79 Å². The summed E-state index contributed by atoms with van der Waals surface area (Å²) in [6.45, 7) is 3.38. The van der Waals surface area contributed by atoms with Gasteiger partial charge in [0.2, 0.25) is 0 Å². The summed E-state index contributed by atoms with van der Waals surface area (Å²) in [5, 5.41) is 13.6. The highest BCUT2D eigenvalue weighted by molar-refractivity contribution is 6.30. The van der Waals surface area contributed by atoms with Crippen molar-refractivity contribution in [2.24, 2.45) is 0 Å². The minimum atomic E-state index is -0.173. The van der Waals surface area contributed by atoms with E-state index in [0.29, 0.717) is 17.3 Å². The van der Waals surface area contributed by atoms with Crippen LogP contribution in [0.2, 0.25) is 5.02 Å². The molecule has 0 saturated carbocycles. The van der Waals surface area contributed by atoms with Crippen molar-refractivity contribution >= 4 is 17.5 Å². The molecule has 2 N–H and O–H groups in total. The Morgan fingerprint density at radius 1 is 1.33 bits per heavy atom. The lowest BCUT2D eigenvalue weighted by Gasteiger charge is -2.32. The Labute approximate surface area is 145 Å². The fourth-order valence-electron chi connectivity index (χ4n) is 2.69. The van der Waals surface area contributed by atoms with Gasteiger partial charge in [0.05, 0.1) is 6.20 Å².